The maximum Gasteiger partial charge on any atom is 0.335 e. The molecule has 1 heterocycles. The number of nitrogens with zero attached hydrogens (tertiary/aromatic N) is 1. The van der Waals surface area contributed by atoms with Gasteiger partial charge in [0.25, 0.3) is 5.91 Å². The zero-order valence-corrected chi connectivity index (χ0v) is 12.3. The van der Waals surface area contributed by atoms with Gasteiger partial charge in [-0.15, -0.1) is 0 Å². The third-order valence-corrected chi connectivity index (χ3v) is 3.60. The van der Waals surface area contributed by atoms with Crippen molar-refractivity contribution in [1.29, 1.82) is 0 Å². The summed E-state index contributed by atoms with van der Waals surface area (Å²) in [6.45, 7) is 2.51. The molecule has 3 rings (SSSR count). The lowest BCUT2D eigenvalue weighted by Crippen LogP contribution is -2.34. The summed E-state index contributed by atoms with van der Waals surface area (Å²) in [7, 11) is 0. The predicted molar refractivity (Wildman–Crippen MR) is 82.0 cm³/mol. The van der Waals surface area contributed by atoms with E-state index in [0.29, 0.717) is 29.6 Å². The summed E-state index contributed by atoms with van der Waals surface area (Å²) in [5.41, 5.74) is 4.53. The second-order valence-corrected chi connectivity index (χ2v) is 5.51. The Balaban J connectivity index is 1.62. The molecule has 0 spiro atoms. The number of benzene rings is 1. The zero-order chi connectivity index (χ0) is 15.5. The van der Waals surface area contributed by atoms with Gasteiger partial charge in [0.05, 0.1) is 11.4 Å². The Kier molecular flexibility index (Phi) is 3.95. The first kappa shape index (κ1) is 14.4. The van der Waals surface area contributed by atoms with E-state index in [0.717, 1.165) is 5.56 Å². The molecule has 1 fully saturated rings. The van der Waals surface area contributed by atoms with Gasteiger partial charge < -0.3 is 15.4 Å². The van der Waals surface area contributed by atoms with Gasteiger partial charge in [-0.3, -0.25) is 4.79 Å². The summed E-state index contributed by atoms with van der Waals surface area (Å²) < 4.78 is 5.30. The molecular formula is C15H18N4O3. The smallest absolute Gasteiger partial charge is 0.335 e. The number of rotatable bonds is 4. The van der Waals surface area contributed by atoms with Crippen molar-refractivity contribution < 1.29 is 14.3 Å². The standard InChI is InChI=1S/C15H18N4O3/c1-9(18-19-15(21)16-7-10-2-3-10)11-4-5-13-12(6-11)17-14(20)8-22-13/h4-6,10H,2-3,7-8H2,1H3,(H,17,20)(H2,16,19,21). The Hall–Kier alpha value is -2.57. The van der Waals surface area contributed by atoms with Crippen molar-refractivity contribution in [3.8, 4) is 5.75 Å². The number of ether oxygens (including phenoxy) is 1. The lowest BCUT2D eigenvalue weighted by Gasteiger charge is -2.18. The van der Waals surface area contributed by atoms with E-state index in [1.165, 1.54) is 12.8 Å². The van der Waals surface area contributed by atoms with E-state index in [2.05, 4.69) is 21.2 Å². The quantitative estimate of drug-likeness (QED) is 0.580. The topological polar surface area (TPSA) is 91.8 Å². The van der Waals surface area contributed by atoms with Gasteiger partial charge >= 0.3 is 6.03 Å². The fourth-order valence-electron chi connectivity index (χ4n) is 2.11. The largest absolute Gasteiger partial charge is 0.482 e. The predicted octanol–water partition coefficient (Wildman–Crippen LogP) is 1.45. The number of hydrogen-bond acceptors (Lipinski definition) is 4. The second-order valence-electron chi connectivity index (χ2n) is 5.51. The fraction of sp³-hybridized carbons (Fsp3) is 0.400. The zero-order valence-electron chi connectivity index (χ0n) is 12.3. The number of urea groups is 1. The van der Waals surface area contributed by atoms with Gasteiger partial charge in [-0.05, 0) is 49.4 Å². The summed E-state index contributed by atoms with van der Waals surface area (Å²) in [6.07, 6.45) is 2.37. The average molecular weight is 302 g/mol. The fourth-order valence-corrected chi connectivity index (χ4v) is 2.11. The van der Waals surface area contributed by atoms with E-state index in [9.17, 15) is 9.59 Å². The Morgan fingerprint density at radius 3 is 3.05 bits per heavy atom. The molecule has 0 saturated heterocycles. The molecule has 1 aromatic carbocycles. The third kappa shape index (κ3) is 3.55. The third-order valence-electron chi connectivity index (χ3n) is 3.60. The van der Waals surface area contributed by atoms with Crippen LogP contribution in [0, 0.1) is 5.92 Å². The van der Waals surface area contributed by atoms with Gasteiger partial charge in [-0.2, -0.15) is 5.10 Å². The van der Waals surface area contributed by atoms with E-state index < -0.39 is 0 Å². The highest BCUT2D eigenvalue weighted by atomic mass is 16.5. The van der Waals surface area contributed by atoms with Crippen LogP contribution in [0.15, 0.2) is 23.3 Å². The lowest BCUT2D eigenvalue weighted by molar-refractivity contribution is -0.118. The van der Waals surface area contributed by atoms with Gasteiger partial charge in [-0.25, -0.2) is 10.2 Å². The number of carbonyl (C=O) groups is 2. The number of nitrogens with one attached hydrogen (secondary N) is 3. The molecule has 0 aromatic heterocycles. The Bertz CT molecular complexity index is 638. The number of anilines is 1. The normalized spacial score (nSPS) is 17.1. The number of hydrazone groups is 1. The van der Waals surface area contributed by atoms with E-state index in [-0.39, 0.29) is 18.5 Å². The number of hydrogen-bond donors (Lipinski definition) is 3. The number of fused-ring (bicyclic) bond motifs is 1. The summed E-state index contributed by atoms with van der Waals surface area (Å²) in [5, 5.41) is 9.58. The minimum atomic E-state index is -0.305. The Morgan fingerprint density at radius 2 is 2.27 bits per heavy atom. The molecular weight excluding hydrogens is 284 g/mol. The Labute approximate surface area is 128 Å². The number of carbonyl (C=O) groups excluding carboxylic acids is 2. The van der Waals surface area contributed by atoms with Crippen molar-refractivity contribution in [3.05, 3.63) is 23.8 Å². The average Bonchev–Trinajstić information content (AvgIpc) is 3.34. The van der Waals surface area contributed by atoms with Crippen molar-refractivity contribution in [2.75, 3.05) is 18.5 Å². The van der Waals surface area contributed by atoms with Gasteiger partial charge in [0.15, 0.2) is 6.61 Å². The SMILES string of the molecule is CC(=NNC(=O)NCC1CC1)c1ccc2c(c1)NC(=O)CO2. The summed E-state index contributed by atoms with van der Waals surface area (Å²) in [6, 6.07) is 5.07. The molecule has 0 atom stereocenters. The molecule has 0 bridgehead atoms. The van der Waals surface area contributed by atoms with E-state index >= 15 is 0 Å². The molecule has 7 heteroatoms. The molecule has 1 aromatic rings. The van der Waals surface area contributed by atoms with Crippen LogP contribution in [-0.2, 0) is 4.79 Å². The second kappa shape index (κ2) is 6.05. The van der Waals surface area contributed by atoms with E-state index in [1.54, 1.807) is 19.1 Å². The molecule has 22 heavy (non-hydrogen) atoms. The summed E-state index contributed by atoms with van der Waals surface area (Å²) in [4.78, 5) is 22.9. The van der Waals surface area contributed by atoms with Gasteiger partial charge in [-0.1, -0.05) is 0 Å². The highest BCUT2D eigenvalue weighted by molar-refractivity contribution is 6.02. The first-order chi connectivity index (χ1) is 10.6. The molecule has 0 radical (unpaired) electrons. The van der Waals surface area contributed by atoms with Gasteiger partial charge in [0.2, 0.25) is 0 Å². The van der Waals surface area contributed by atoms with Crippen LogP contribution in [0.5, 0.6) is 5.75 Å². The summed E-state index contributed by atoms with van der Waals surface area (Å²) in [5.74, 6) is 1.07. The minimum absolute atomic E-state index is 0.0299. The van der Waals surface area contributed by atoms with E-state index in [4.69, 9.17) is 4.74 Å². The first-order valence-electron chi connectivity index (χ1n) is 7.27. The van der Waals surface area contributed by atoms with Gasteiger partial charge in [0, 0.05) is 6.54 Å². The highest BCUT2D eigenvalue weighted by Crippen LogP contribution is 2.28. The molecule has 1 saturated carbocycles. The maximum absolute atomic E-state index is 11.6. The molecule has 7 nitrogen and oxygen atoms in total. The van der Waals surface area contributed by atoms with Crippen LogP contribution in [0.1, 0.15) is 25.3 Å². The van der Waals surface area contributed by atoms with Crippen LogP contribution < -0.4 is 20.8 Å². The summed E-state index contributed by atoms with van der Waals surface area (Å²) >= 11 is 0. The van der Waals surface area contributed by atoms with Crippen molar-refractivity contribution >= 4 is 23.3 Å². The molecule has 1 aliphatic heterocycles. The van der Waals surface area contributed by atoms with Crippen LogP contribution in [0.3, 0.4) is 0 Å². The van der Waals surface area contributed by atoms with Crippen molar-refractivity contribution in [2.45, 2.75) is 19.8 Å². The molecule has 3 N–H and O–H groups in total. The molecule has 1 aliphatic carbocycles. The van der Waals surface area contributed by atoms with Crippen molar-refractivity contribution in [2.24, 2.45) is 11.0 Å². The minimum Gasteiger partial charge on any atom is -0.482 e. The molecule has 116 valence electrons. The first-order valence-corrected chi connectivity index (χ1v) is 7.27. The van der Waals surface area contributed by atoms with Crippen molar-refractivity contribution in [3.63, 3.8) is 0 Å². The van der Waals surface area contributed by atoms with E-state index in [1.807, 2.05) is 6.07 Å². The monoisotopic (exact) mass is 302 g/mol. The van der Waals surface area contributed by atoms with Crippen molar-refractivity contribution in [1.82, 2.24) is 10.7 Å². The lowest BCUT2D eigenvalue weighted by atomic mass is 10.1. The molecule has 2 aliphatic rings. The molecule has 3 amide bonds. The highest BCUT2D eigenvalue weighted by Gasteiger charge is 2.21. The number of amides is 3. The Morgan fingerprint density at radius 1 is 1.45 bits per heavy atom. The van der Waals surface area contributed by atoms with Crippen LogP contribution in [0.2, 0.25) is 0 Å². The van der Waals surface area contributed by atoms with Gasteiger partial charge in [0.1, 0.15) is 5.75 Å². The van der Waals surface area contributed by atoms with Crippen LogP contribution >= 0.6 is 0 Å². The van der Waals surface area contributed by atoms with Crippen LogP contribution in [-0.4, -0.2) is 30.8 Å². The van der Waals surface area contributed by atoms with Crippen LogP contribution in [0.25, 0.3) is 0 Å². The maximum atomic E-state index is 11.6. The van der Waals surface area contributed by atoms with Crippen LogP contribution in [0.4, 0.5) is 10.5 Å². The molecule has 0 unspecified atom stereocenters.